The van der Waals surface area contributed by atoms with Gasteiger partial charge in [-0.3, -0.25) is 9.69 Å². The molecule has 170 valence electrons. The maximum atomic E-state index is 12.2. The molecule has 0 saturated carbocycles. The van der Waals surface area contributed by atoms with Crippen molar-refractivity contribution < 1.29 is 37.0 Å². The zero-order valence-electron chi connectivity index (χ0n) is 16.6. The maximum Gasteiger partial charge on any atom is 0.490 e. The molecule has 8 nitrogen and oxygen atoms in total. The molecular formula is C19H22F3N3O5S. The molecule has 2 aromatic rings. The number of hydrogen-bond acceptors (Lipinski definition) is 7. The van der Waals surface area contributed by atoms with E-state index in [1.807, 2.05) is 6.92 Å². The standard InChI is InChI=1S/C17H21N3O3S.C2HF3O2/c1-12-8-24-15(19-12)6-20-5-13-7-22-11-17(13,10-20)9-18-16(21)14-3-2-4-23-14;3-2(4,5)1(6)7/h2-4,8,13H,5-7,9-11H2,1H3,(H,18,21);(H,6,7)/t13-,17+;/m1./s1. The summed E-state index contributed by atoms with van der Waals surface area (Å²) in [6.45, 7) is 6.91. The second-order valence-corrected chi connectivity index (χ2v) is 8.53. The number of fused-ring (bicyclic) bond motifs is 1. The topological polar surface area (TPSA) is 105 Å². The molecule has 0 aromatic carbocycles. The first kappa shape index (κ1) is 23.2. The van der Waals surface area contributed by atoms with Crippen molar-refractivity contribution >= 4 is 23.2 Å². The molecule has 4 heterocycles. The third-order valence-electron chi connectivity index (χ3n) is 5.21. The minimum atomic E-state index is -5.08. The van der Waals surface area contributed by atoms with E-state index in [2.05, 4.69) is 20.6 Å². The number of aliphatic carboxylic acids is 1. The van der Waals surface area contributed by atoms with Crippen molar-refractivity contribution in [1.29, 1.82) is 0 Å². The van der Waals surface area contributed by atoms with Crippen molar-refractivity contribution in [3.63, 3.8) is 0 Å². The Morgan fingerprint density at radius 1 is 1.45 bits per heavy atom. The van der Waals surface area contributed by atoms with E-state index in [-0.39, 0.29) is 11.3 Å². The Morgan fingerprint density at radius 3 is 2.77 bits per heavy atom. The number of carbonyl (C=O) groups is 2. The largest absolute Gasteiger partial charge is 0.490 e. The number of aryl methyl sites for hydroxylation is 1. The zero-order valence-corrected chi connectivity index (χ0v) is 17.5. The Labute approximate surface area is 180 Å². The number of hydrogen-bond donors (Lipinski definition) is 2. The van der Waals surface area contributed by atoms with Gasteiger partial charge >= 0.3 is 12.1 Å². The molecule has 0 spiro atoms. The molecule has 4 rings (SSSR count). The van der Waals surface area contributed by atoms with Crippen LogP contribution in [0, 0.1) is 18.3 Å². The molecule has 12 heteroatoms. The van der Waals surface area contributed by atoms with Crippen molar-refractivity contribution in [1.82, 2.24) is 15.2 Å². The molecule has 31 heavy (non-hydrogen) atoms. The van der Waals surface area contributed by atoms with E-state index in [9.17, 15) is 18.0 Å². The van der Waals surface area contributed by atoms with Crippen LogP contribution in [0.3, 0.4) is 0 Å². The Hall–Kier alpha value is -2.44. The number of nitrogens with one attached hydrogen (secondary N) is 1. The molecule has 0 unspecified atom stereocenters. The van der Waals surface area contributed by atoms with Crippen molar-refractivity contribution in [3.05, 3.63) is 40.2 Å². The number of halogens is 3. The minimum absolute atomic E-state index is 0.00540. The highest BCUT2D eigenvalue weighted by atomic mass is 32.1. The lowest BCUT2D eigenvalue weighted by atomic mass is 9.81. The first-order valence-corrected chi connectivity index (χ1v) is 10.3. The average molecular weight is 461 g/mol. The average Bonchev–Trinajstić information content (AvgIpc) is 3.44. The van der Waals surface area contributed by atoms with Gasteiger partial charge in [0.2, 0.25) is 0 Å². The monoisotopic (exact) mass is 461 g/mol. The number of carboxylic acids is 1. The van der Waals surface area contributed by atoms with Gasteiger partial charge in [-0.25, -0.2) is 9.78 Å². The molecule has 0 aliphatic carbocycles. The van der Waals surface area contributed by atoms with Gasteiger partial charge in [-0.15, -0.1) is 11.3 Å². The van der Waals surface area contributed by atoms with Crippen LogP contribution in [0.25, 0.3) is 0 Å². The van der Waals surface area contributed by atoms with Crippen LogP contribution < -0.4 is 5.32 Å². The van der Waals surface area contributed by atoms with Gasteiger partial charge in [0.1, 0.15) is 5.01 Å². The number of likely N-dealkylation sites (tertiary alicyclic amines) is 1. The summed E-state index contributed by atoms with van der Waals surface area (Å²) in [6, 6.07) is 3.41. The van der Waals surface area contributed by atoms with E-state index < -0.39 is 12.1 Å². The highest BCUT2D eigenvalue weighted by molar-refractivity contribution is 7.09. The van der Waals surface area contributed by atoms with Gasteiger partial charge in [-0.2, -0.15) is 13.2 Å². The molecule has 0 radical (unpaired) electrons. The van der Waals surface area contributed by atoms with Gasteiger partial charge in [0.05, 0.1) is 26.0 Å². The first-order valence-electron chi connectivity index (χ1n) is 9.42. The van der Waals surface area contributed by atoms with E-state index in [0.29, 0.717) is 24.8 Å². The van der Waals surface area contributed by atoms with Crippen molar-refractivity contribution in [3.8, 4) is 0 Å². The minimum Gasteiger partial charge on any atom is -0.475 e. The Bertz CT molecular complexity index is 902. The number of nitrogens with zero attached hydrogens (tertiary/aromatic N) is 2. The number of amides is 1. The molecule has 2 aromatic heterocycles. The van der Waals surface area contributed by atoms with Crippen LogP contribution in [0.1, 0.15) is 21.3 Å². The normalized spacial score (nSPS) is 23.2. The molecule has 0 bridgehead atoms. The molecule has 2 aliphatic heterocycles. The van der Waals surface area contributed by atoms with Crippen LogP contribution in [0.2, 0.25) is 0 Å². The predicted octanol–water partition coefficient (Wildman–Crippen LogP) is 2.56. The molecule has 2 N–H and O–H groups in total. The lowest BCUT2D eigenvalue weighted by molar-refractivity contribution is -0.192. The Balaban J connectivity index is 0.000000339. The summed E-state index contributed by atoms with van der Waals surface area (Å²) in [5.41, 5.74) is 1.08. The van der Waals surface area contributed by atoms with Crippen LogP contribution in [0.4, 0.5) is 13.2 Å². The lowest BCUT2D eigenvalue weighted by Crippen LogP contribution is -2.43. The maximum absolute atomic E-state index is 12.2. The van der Waals surface area contributed by atoms with E-state index in [1.54, 1.807) is 23.5 Å². The van der Waals surface area contributed by atoms with Gasteiger partial charge < -0.3 is 19.6 Å². The smallest absolute Gasteiger partial charge is 0.475 e. The third kappa shape index (κ3) is 5.83. The van der Waals surface area contributed by atoms with E-state index in [0.717, 1.165) is 36.9 Å². The van der Waals surface area contributed by atoms with Crippen molar-refractivity contribution in [2.45, 2.75) is 19.6 Å². The third-order valence-corrected chi connectivity index (χ3v) is 6.16. The fourth-order valence-corrected chi connectivity index (χ4v) is 4.54. The van der Waals surface area contributed by atoms with Crippen LogP contribution in [0.5, 0.6) is 0 Å². The second kappa shape index (κ2) is 9.37. The fraction of sp³-hybridized carbons (Fsp3) is 0.526. The number of ether oxygens (including phenoxy) is 1. The van der Waals surface area contributed by atoms with Gasteiger partial charge in [0.25, 0.3) is 5.91 Å². The van der Waals surface area contributed by atoms with E-state index in [1.165, 1.54) is 6.26 Å². The number of furan rings is 1. The second-order valence-electron chi connectivity index (χ2n) is 7.59. The quantitative estimate of drug-likeness (QED) is 0.705. The number of carbonyl (C=O) groups excluding carboxylic acids is 1. The summed E-state index contributed by atoms with van der Waals surface area (Å²) in [5, 5.41) is 13.4. The van der Waals surface area contributed by atoms with E-state index >= 15 is 0 Å². The summed E-state index contributed by atoms with van der Waals surface area (Å²) in [4.78, 5) is 28.0. The SMILES string of the molecule is Cc1csc(CN2C[C@@H]3COC[C@]3(CNC(=O)c3ccco3)C2)n1.O=C(O)C(F)(F)F. The molecule has 2 aliphatic rings. The number of alkyl halides is 3. The first-order chi connectivity index (χ1) is 14.6. The predicted molar refractivity (Wildman–Crippen MR) is 104 cm³/mol. The number of thiazole rings is 1. The summed E-state index contributed by atoms with van der Waals surface area (Å²) in [7, 11) is 0. The number of rotatable bonds is 5. The van der Waals surface area contributed by atoms with Crippen LogP contribution in [0.15, 0.2) is 28.2 Å². The van der Waals surface area contributed by atoms with Gasteiger partial charge in [0, 0.05) is 42.0 Å². The zero-order chi connectivity index (χ0) is 22.6. The molecule has 2 fully saturated rings. The summed E-state index contributed by atoms with van der Waals surface area (Å²) in [5.74, 6) is -2.10. The summed E-state index contributed by atoms with van der Waals surface area (Å²) in [6.07, 6.45) is -3.57. The molecule has 2 saturated heterocycles. The van der Waals surface area contributed by atoms with Gasteiger partial charge in [-0.05, 0) is 19.1 Å². The lowest BCUT2D eigenvalue weighted by Gasteiger charge is -2.27. The Kier molecular flexibility index (Phi) is 7.02. The summed E-state index contributed by atoms with van der Waals surface area (Å²) >= 11 is 1.71. The highest BCUT2D eigenvalue weighted by Gasteiger charge is 2.50. The number of carboxylic acid groups (broad SMARTS) is 1. The number of aromatic nitrogens is 1. The summed E-state index contributed by atoms with van der Waals surface area (Å²) < 4.78 is 42.6. The van der Waals surface area contributed by atoms with Crippen molar-refractivity contribution in [2.75, 3.05) is 32.8 Å². The van der Waals surface area contributed by atoms with Crippen LogP contribution >= 0.6 is 11.3 Å². The van der Waals surface area contributed by atoms with Gasteiger partial charge in [-0.1, -0.05) is 0 Å². The van der Waals surface area contributed by atoms with Crippen molar-refractivity contribution in [2.24, 2.45) is 11.3 Å². The van der Waals surface area contributed by atoms with Crippen LogP contribution in [-0.2, 0) is 16.1 Å². The van der Waals surface area contributed by atoms with Gasteiger partial charge in [0.15, 0.2) is 5.76 Å². The molecule has 2 atom stereocenters. The Morgan fingerprint density at radius 2 is 2.19 bits per heavy atom. The van der Waals surface area contributed by atoms with E-state index in [4.69, 9.17) is 19.1 Å². The fourth-order valence-electron chi connectivity index (χ4n) is 3.73. The molecule has 1 amide bonds. The molecular weight excluding hydrogens is 439 g/mol. The van der Waals surface area contributed by atoms with Crippen LogP contribution in [-0.4, -0.2) is 65.9 Å². The highest BCUT2D eigenvalue weighted by Crippen LogP contribution is 2.41.